The Bertz CT molecular complexity index is 1010. The highest BCUT2D eigenvalue weighted by Crippen LogP contribution is 2.44. The molecule has 0 amide bonds. The third-order valence-electron chi connectivity index (χ3n) is 4.56. The lowest BCUT2D eigenvalue weighted by atomic mass is 9.96. The number of thioether (sulfide) groups is 1. The van der Waals surface area contributed by atoms with Gasteiger partial charge in [-0.25, -0.2) is 14.4 Å². The summed E-state index contributed by atoms with van der Waals surface area (Å²) in [5, 5.41) is 29.6. The van der Waals surface area contributed by atoms with E-state index in [2.05, 4.69) is 15.3 Å². The standard InChI is InChI=1S/C20H22FN5OS/c1-10(11(2)22)15-16-17(28-18(15)23)19(26-9-25-16)24-8-12-5-6-13(14(21)7-12)20(3,4)27/h5-7,9,22-23,27H,8H2,1-4H3,(H,24,25,26)/b15-10-,22-11?,23-18?. The second-order valence-electron chi connectivity index (χ2n) is 7.18. The maximum atomic E-state index is 14.3. The average molecular weight is 399 g/mol. The van der Waals surface area contributed by atoms with Gasteiger partial charge in [0.2, 0.25) is 0 Å². The van der Waals surface area contributed by atoms with Crippen LogP contribution < -0.4 is 5.32 Å². The van der Waals surface area contributed by atoms with Gasteiger partial charge in [0.15, 0.2) is 0 Å². The van der Waals surface area contributed by atoms with Crippen molar-refractivity contribution in [2.75, 3.05) is 5.32 Å². The Labute approximate surface area is 167 Å². The maximum absolute atomic E-state index is 14.3. The smallest absolute Gasteiger partial charge is 0.144 e. The molecule has 0 bridgehead atoms. The molecule has 146 valence electrons. The SMILES string of the molecule is CC(=N)/C(C)=C1\C(=N)Sc2c(NCc3ccc(C(C)(C)O)c(F)c3)ncnc21. The van der Waals surface area contributed by atoms with Gasteiger partial charge in [-0.15, -0.1) is 0 Å². The summed E-state index contributed by atoms with van der Waals surface area (Å²) in [5.74, 6) is 0.107. The zero-order valence-electron chi connectivity index (χ0n) is 16.1. The maximum Gasteiger partial charge on any atom is 0.144 e. The molecule has 0 spiro atoms. The molecule has 2 heterocycles. The van der Waals surface area contributed by atoms with Crippen LogP contribution in [0, 0.1) is 16.6 Å². The van der Waals surface area contributed by atoms with Gasteiger partial charge in [0.05, 0.1) is 16.2 Å². The summed E-state index contributed by atoms with van der Waals surface area (Å²) in [7, 11) is 0. The van der Waals surface area contributed by atoms with E-state index in [-0.39, 0.29) is 5.56 Å². The van der Waals surface area contributed by atoms with Crippen molar-refractivity contribution in [1.82, 2.24) is 9.97 Å². The quantitative estimate of drug-likeness (QED) is 0.559. The minimum Gasteiger partial charge on any atom is -0.386 e. The molecule has 2 aromatic rings. The summed E-state index contributed by atoms with van der Waals surface area (Å²) in [4.78, 5) is 9.31. The Balaban J connectivity index is 1.87. The number of aromatic nitrogens is 2. The Kier molecular flexibility index (Phi) is 5.36. The largest absolute Gasteiger partial charge is 0.386 e. The monoisotopic (exact) mass is 399 g/mol. The molecule has 0 saturated carbocycles. The fourth-order valence-electron chi connectivity index (χ4n) is 2.92. The summed E-state index contributed by atoms with van der Waals surface area (Å²) in [6.07, 6.45) is 1.42. The Morgan fingerprint density at radius 1 is 1.29 bits per heavy atom. The van der Waals surface area contributed by atoms with Crippen molar-refractivity contribution in [2.45, 2.75) is 44.7 Å². The van der Waals surface area contributed by atoms with E-state index in [0.29, 0.717) is 45.5 Å². The van der Waals surface area contributed by atoms with E-state index in [0.717, 1.165) is 4.90 Å². The Hall–Kier alpha value is -2.58. The molecule has 0 fully saturated rings. The zero-order chi connectivity index (χ0) is 20.6. The third-order valence-corrected chi connectivity index (χ3v) is 5.56. The van der Waals surface area contributed by atoms with E-state index < -0.39 is 11.4 Å². The molecular weight excluding hydrogens is 377 g/mol. The minimum atomic E-state index is -1.24. The molecule has 6 nitrogen and oxygen atoms in total. The number of allylic oxidation sites excluding steroid dienone is 1. The van der Waals surface area contributed by atoms with E-state index in [1.165, 1.54) is 24.2 Å². The van der Waals surface area contributed by atoms with Gasteiger partial charge in [-0.1, -0.05) is 23.9 Å². The average Bonchev–Trinajstić information content (AvgIpc) is 2.94. The van der Waals surface area contributed by atoms with Crippen LogP contribution in [0.15, 0.2) is 35.0 Å². The molecule has 3 rings (SSSR count). The van der Waals surface area contributed by atoms with Crippen LogP contribution in [0.5, 0.6) is 0 Å². The predicted octanol–water partition coefficient (Wildman–Crippen LogP) is 4.35. The molecule has 0 unspecified atom stereocenters. The predicted molar refractivity (Wildman–Crippen MR) is 111 cm³/mol. The first-order valence-corrected chi connectivity index (χ1v) is 9.55. The highest BCUT2D eigenvalue weighted by Gasteiger charge is 2.29. The van der Waals surface area contributed by atoms with Crippen LogP contribution in [0.1, 0.15) is 44.5 Å². The van der Waals surface area contributed by atoms with Gasteiger partial charge in [-0.2, -0.15) is 0 Å². The number of benzene rings is 1. The summed E-state index contributed by atoms with van der Waals surface area (Å²) in [6, 6.07) is 4.73. The van der Waals surface area contributed by atoms with Crippen LogP contribution in [0.4, 0.5) is 10.2 Å². The van der Waals surface area contributed by atoms with Gasteiger partial charge >= 0.3 is 0 Å². The first kappa shape index (κ1) is 20.2. The van der Waals surface area contributed by atoms with Crippen LogP contribution >= 0.6 is 11.8 Å². The Morgan fingerprint density at radius 3 is 2.61 bits per heavy atom. The molecule has 0 aliphatic carbocycles. The summed E-state index contributed by atoms with van der Waals surface area (Å²) in [5.41, 5.74) is 2.11. The summed E-state index contributed by atoms with van der Waals surface area (Å²) < 4.78 is 14.3. The number of halogens is 1. The molecule has 0 atom stereocenters. The molecule has 8 heteroatoms. The fraction of sp³-hybridized carbons (Fsp3) is 0.300. The zero-order valence-corrected chi connectivity index (χ0v) is 17.0. The lowest BCUT2D eigenvalue weighted by molar-refractivity contribution is 0.0745. The van der Waals surface area contributed by atoms with Crippen LogP contribution in [0.25, 0.3) is 5.57 Å². The van der Waals surface area contributed by atoms with Gasteiger partial charge in [0.1, 0.15) is 23.0 Å². The Morgan fingerprint density at radius 2 is 2.00 bits per heavy atom. The molecule has 1 aromatic heterocycles. The van der Waals surface area contributed by atoms with Crippen molar-refractivity contribution in [3.8, 4) is 0 Å². The first-order valence-electron chi connectivity index (χ1n) is 8.73. The molecule has 4 N–H and O–H groups in total. The van der Waals surface area contributed by atoms with Crippen molar-refractivity contribution >= 4 is 33.9 Å². The number of anilines is 1. The van der Waals surface area contributed by atoms with Crippen LogP contribution in [0.2, 0.25) is 0 Å². The number of hydrogen-bond acceptors (Lipinski definition) is 7. The van der Waals surface area contributed by atoms with E-state index >= 15 is 0 Å². The van der Waals surface area contributed by atoms with Gasteiger partial charge in [-0.05, 0) is 44.9 Å². The minimum absolute atomic E-state index is 0.246. The number of fused-ring (bicyclic) bond motifs is 1. The second kappa shape index (κ2) is 7.44. The van der Waals surface area contributed by atoms with Crippen molar-refractivity contribution < 1.29 is 9.50 Å². The topological polar surface area (TPSA) is 106 Å². The normalized spacial score (nSPS) is 15.4. The van der Waals surface area contributed by atoms with E-state index in [4.69, 9.17) is 10.8 Å². The molecule has 1 aromatic carbocycles. The van der Waals surface area contributed by atoms with Crippen LogP contribution in [-0.4, -0.2) is 25.8 Å². The lowest BCUT2D eigenvalue weighted by Crippen LogP contribution is -2.17. The van der Waals surface area contributed by atoms with Gasteiger partial charge in [-0.3, -0.25) is 5.41 Å². The van der Waals surface area contributed by atoms with Crippen LogP contribution in [-0.2, 0) is 12.1 Å². The third kappa shape index (κ3) is 3.83. The van der Waals surface area contributed by atoms with Gasteiger partial charge in [0, 0.05) is 23.4 Å². The number of nitrogens with one attached hydrogen (secondary N) is 3. The molecule has 28 heavy (non-hydrogen) atoms. The molecule has 0 saturated heterocycles. The van der Waals surface area contributed by atoms with Gasteiger partial charge < -0.3 is 15.8 Å². The molecule has 1 aliphatic heterocycles. The number of nitrogens with zero attached hydrogens (tertiary/aromatic N) is 2. The molecular formula is C20H22FN5OS. The van der Waals surface area contributed by atoms with E-state index in [1.807, 2.05) is 6.92 Å². The summed E-state index contributed by atoms with van der Waals surface area (Å²) >= 11 is 1.25. The fourth-order valence-corrected chi connectivity index (χ4v) is 3.95. The van der Waals surface area contributed by atoms with E-state index in [1.54, 1.807) is 32.9 Å². The molecule has 1 aliphatic rings. The number of aliphatic hydroxyl groups is 1. The first-order chi connectivity index (χ1) is 13.1. The highest BCUT2D eigenvalue weighted by molar-refractivity contribution is 8.15. The number of rotatable bonds is 5. The van der Waals surface area contributed by atoms with Crippen molar-refractivity contribution in [3.05, 3.63) is 52.7 Å². The van der Waals surface area contributed by atoms with Gasteiger partial charge in [0.25, 0.3) is 0 Å². The summed E-state index contributed by atoms with van der Waals surface area (Å²) in [6.45, 7) is 6.92. The highest BCUT2D eigenvalue weighted by atomic mass is 32.2. The van der Waals surface area contributed by atoms with Crippen molar-refractivity contribution in [3.63, 3.8) is 0 Å². The van der Waals surface area contributed by atoms with E-state index in [9.17, 15) is 9.50 Å². The second-order valence-corrected chi connectivity index (χ2v) is 8.20. The number of hydrogen-bond donors (Lipinski definition) is 4. The van der Waals surface area contributed by atoms with Crippen molar-refractivity contribution in [1.29, 1.82) is 10.8 Å². The van der Waals surface area contributed by atoms with Crippen LogP contribution in [0.3, 0.4) is 0 Å². The lowest BCUT2D eigenvalue weighted by Gasteiger charge is -2.19. The van der Waals surface area contributed by atoms with Crippen molar-refractivity contribution in [2.24, 2.45) is 0 Å². The molecule has 0 radical (unpaired) electrons.